The normalized spacial score (nSPS) is 10.1. The lowest BCUT2D eigenvalue weighted by Gasteiger charge is -2.04. The van der Waals surface area contributed by atoms with E-state index in [1.54, 1.807) is 12.1 Å². The highest BCUT2D eigenvalue weighted by Crippen LogP contribution is 2.11. The molecule has 0 aliphatic heterocycles. The van der Waals surface area contributed by atoms with Gasteiger partial charge in [0.05, 0.1) is 0 Å². The van der Waals surface area contributed by atoms with Crippen molar-refractivity contribution < 1.29 is 4.74 Å². The van der Waals surface area contributed by atoms with Gasteiger partial charge in [0.25, 0.3) is 5.56 Å². The maximum absolute atomic E-state index is 10.7. The molecule has 0 unspecified atom stereocenters. The number of nitrogens with one attached hydrogen (secondary N) is 1. The molecule has 0 bridgehead atoms. The Kier molecular flexibility index (Phi) is 3.22. The molecule has 0 radical (unpaired) electrons. The number of ether oxygens (including phenoxy) is 1. The van der Waals surface area contributed by atoms with Crippen LogP contribution in [0, 0.1) is 0 Å². The van der Waals surface area contributed by atoms with E-state index < -0.39 is 0 Å². The third-order valence-electron chi connectivity index (χ3n) is 1.95. The zero-order chi connectivity index (χ0) is 11.4. The Morgan fingerprint density at radius 1 is 1.19 bits per heavy atom. The molecule has 1 heterocycles. The number of aromatic amines is 1. The average molecular weight is 237 g/mol. The highest BCUT2D eigenvalue weighted by molar-refractivity contribution is 6.30. The Morgan fingerprint density at radius 2 is 1.94 bits per heavy atom. The van der Waals surface area contributed by atoms with E-state index in [1.165, 1.54) is 12.1 Å². The van der Waals surface area contributed by atoms with Gasteiger partial charge in [-0.3, -0.25) is 4.79 Å². The van der Waals surface area contributed by atoms with E-state index in [2.05, 4.69) is 10.2 Å². The molecular weight excluding hydrogens is 228 g/mol. The van der Waals surface area contributed by atoms with E-state index in [9.17, 15) is 4.79 Å². The molecule has 1 aromatic carbocycles. The van der Waals surface area contributed by atoms with Crippen molar-refractivity contribution in [1.82, 2.24) is 10.2 Å². The zero-order valence-corrected chi connectivity index (χ0v) is 9.07. The van der Waals surface area contributed by atoms with Gasteiger partial charge >= 0.3 is 0 Å². The fourth-order valence-electron chi connectivity index (χ4n) is 1.15. The molecule has 0 saturated carbocycles. The lowest BCUT2D eigenvalue weighted by atomic mass is 10.2. The molecule has 0 spiro atoms. The van der Waals surface area contributed by atoms with Gasteiger partial charge in [-0.05, 0) is 17.7 Å². The molecule has 1 aromatic heterocycles. The monoisotopic (exact) mass is 236 g/mol. The fourth-order valence-corrected chi connectivity index (χ4v) is 1.28. The SMILES string of the molecule is O=c1ccc(OCc2ccc(Cl)cc2)n[nH]1. The maximum Gasteiger partial charge on any atom is 0.264 e. The van der Waals surface area contributed by atoms with E-state index in [4.69, 9.17) is 16.3 Å². The number of aromatic nitrogens is 2. The smallest absolute Gasteiger partial charge is 0.264 e. The van der Waals surface area contributed by atoms with Gasteiger partial charge in [-0.2, -0.15) is 0 Å². The second-order valence-electron chi connectivity index (χ2n) is 3.17. The van der Waals surface area contributed by atoms with Gasteiger partial charge in [-0.1, -0.05) is 23.7 Å². The predicted molar refractivity (Wildman–Crippen MR) is 60.6 cm³/mol. The van der Waals surface area contributed by atoms with Crippen LogP contribution < -0.4 is 10.3 Å². The third-order valence-corrected chi connectivity index (χ3v) is 2.21. The first kappa shape index (κ1) is 10.7. The van der Waals surface area contributed by atoms with Crippen molar-refractivity contribution in [2.45, 2.75) is 6.61 Å². The van der Waals surface area contributed by atoms with Crippen LogP contribution in [0.25, 0.3) is 0 Å². The van der Waals surface area contributed by atoms with Gasteiger partial charge < -0.3 is 4.74 Å². The first-order valence-corrected chi connectivity index (χ1v) is 5.05. The number of H-pyrrole nitrogens is 1. The summed E-state index contributed by atoms with van der Waals surface area (Å²) in [7, 11) is 0. The Labute approximate surface area is 96.8 Å². The van der Waals surface area contributed by atoms with Gasteiger partial charge in [0.2, 0.25) is 5.88 Å². The molecule has 0 atom stereocenters. The van der Waals surface area contributed by atoms with Crippen molar-refractivity contribution in [3.63, 3.8) is 0 Å². The average Bonchev–Trinajstić information content (AvgIpc) is 2.30. The quantitative estimate of drug-likeness (QED) is 0.887. The third kappa shape index (κ3) is 2.84. The molecule has 0 amide bonds. The summed E-state index contributed by atoms with van der Waals surface area (Å²) in [5, 5.41) is 6.70. The van der Waals surface area contributed by atoms with Crippen LogP contribution >= 0.6 is 11.6 Å². The fraction of sp³-hybridized carbons (Fsp3) is 0.0909. The summed E-state index contributed by atoms with van der Waals surface area (Å²) in [6.45, 7) is 0.385. The number of halogens is 1. The number of nitrogens with zero attached hydrogens (tertiary/aromatic N) is 1. The van der Waals surface area contributed by atoms with Gasteiger partial charge in [-0.15, -0.1) is 5.10 Å². The molecule has 0 aliphatic carbocycles. The summed E-state index contributed by atoms with van der Waals surface area (Å²) in [6.07, 6.45) is 0. The molecular formula is C11H9ClN2O2. The Balaban J connectivity index is 1.99. The van der Waals surface area contributed by atoms with E-state index in [1.807, 2.05) is 12.1 Å². The van der Waals surface area contributed by atoms with Crippen LogP contribution in [0.2, 0.25) is 5.02 Å². The van der Waals surface area contributed by atoms with Crippen LogP contribution in [-0.2, 0) is 6.61 Å². The number of hydrogen-bond donors (Lipinski definition) is 1. The molecule has 2 rings (SSSR count). The predicted octanol–water partition coefficient (Wildman–Crippen LogP) is 2.00. The van der Waals surface area contributed by atoms with Crippen molar-refractivity contribution in [3.8, 4) is 5.88 Å². The molecule has 1 N–H and O–H groups in total. The Hall–Kier alpha value is -1.81. The topological polar surface area (TPSA) is 55.0 Å². The summed E-state index contributed by atoms with van der Waals surface area (Å²) >= 11 is 5.75. The van der Waals surface area contributed by atoms with Crippen LogP contribution in [-0.4, -0.2) is 10.2 Å². The molecule has 16 heavy (non-hydrogen) atoms. The van der Waals surface area contributed by atoms with Crippen LogP contribution in [0.3, 0.4) is 0 Å². The second-order valence-corrected chi connectivity index (χ2v) is 3.61. The van der Waals surface area contributed by atoms with Crippen molar-refractivity contribution in [2.75, 3.05) is 0 Å². The summed E-state index contributed by atoms with van der Waals surface area (Å²) in [4.78, 5) is 10.7. The molecule has 0 aliphatic rings. The van der Waals surface area contributed by atoms with Gasteiger partial charge in [0.1, 0.15) is 6.61 Å². The van der Waals surface area contributed by atoms with E-state index >= 15 is 0 Å². The highest BCUT2D eigenvalue weighted by Gasteiger charge is 1.97. The van der Waals surface area contributed by atoms with Crippen LogP contribution in [0.15, 0.2) is 41.2 Å². The number of benzene rings is 1. The molecule has 2 aromatic rings. The van der Waals surface area contributed by atoms with Gasteiger partial charge in [-0.25, -0.2) is 5.10 Å². The van der Waals surface area contributed by atoms with E-state index in [0.29, 0.717) is 17.5 Å². The minimum absolute atomic E-state index is 0.251. The first-order chi connectivity index (χ1) is 7.74. The van der Waals surface area contributed by atoms with Gasteiger partial charge in [0.15, 0.2) is 0 Å². The highest BCUT2D eigenvalue weighted by atomic mass is 35.5. The van der Waals surface area contributed by atoms with Crippen LogP contribution in [0.1, 0.15) is 5.56 Å². The minimum atomic E-state index is -0.251. The largest absolute Gasteiger partial charge is 0.472 e. The molecule has 82 valence electrons. The summed E-state index contributed by atoms with van der Waals surface area (Å²) < 4.78 is 5.36. The summed E-state index contributed by atoms with van der Waals surface area (Å²) in [5.41, 5.74) is 0.733. The lowest BCUT2D eigenvalue weighted by Crippen LogP contribution is -2.07. The molecule has 4 nitrogen and oxygen atoms in total. The Bertz CT molecular complexity index is 502. The number of hydrogen-bond acceptors (Lipinski definition) is 3. The standard InChI is InChI=1S/C11H9ClN2O2/c12-9-3-1-8(2-4-9)7-16-11-6-5-10(15)13-14-11/h1-6H,7H2,(H,13,15). The number of rotatable bonds is 3. The van der Waals surface area contributed by atoms with Crippen molar-refractivity contribution in [1.29, 1.82) is 0 Å². The second kappa shape index (κ2) is 4.81. The first-order valence-electron chi connectivity index (χ1n) is 4.67. The zero-order valence-electron chi connectivity index (χ0n) is 8.31. The maximum atomic E-state index is 10.7. The van der Waals surface area contributed by atoms with Crippen LogP contribution in [0.5, 0.6) is 5.88 Å². The molecule has 0 saturated heterocycles. The molecule has 5 heteroatoms. The summed E-state index contributed by atoms with van der Waals surface area (Å²) in [6, 6.07) is 10.2. The Morgan fingerprint density at radius 3 is 2.56 bits per heavy atom. The lowest BCUT2D eigenvalue weighted by molar-refractivity contribution is 0.290. The van der Waals surface area contributed by atoms with Crippen molar-refractivity contribution >= 4 is 11.6 Å². The van der Waals surface area contributed by atoms with Gasteiger partial charge in [0, 0.05) is 17.2 Å². The van der Waals surface area contributed by atoms with Crippen molar-refractivity contribution in [2.24, 2.45) is 0 Å². The van der Waals surface area contributed by atoms with E-state index in [-0.39, 0.29) is 5.56 Å². The molecule has 0 fully saturated rings. The van der Waals surface area contributed by atoms with Crippen LogP contribution in [0.4, 0.5) is 0 Å². The van der Waals surface area contributed by atoms with E-state index in [0.717, 1.165) is 5.56 Å². The minimum Gasteiger partial charge on any atom is -0.472 e. The summed E-state index contributed by atoms with van der Waals surface area (Å²) in [5.74, 6) is 0.384. The van der Waals surface area contributed by atoms with Crippen molar-refractivity contribution in [3.05, 3.63) is 57.3 Å².